The average molecular weight is 389 g/mol. The van der Waals surface area contributed by atoms with Crippen LogP contribution >= 0.6 is 0 Å². The van der Waals surface area contributed by atoms with Crippen LogP contribution in [0.2, 0.25) is 0 Å². The molecule has 1 heterocycles. The van der Waals surface area contributed by atoms with Gasteiger partial charge in [0.25, 0.3) is 0 Å². The molecule has 0 amide bonds. The Hall–Kier alpha value is -4.00. The van der Waals surface area contributed by atoms with Crippen molar-refractivity contribution < 1.29 is 18.7 Å². The van der Waals surface area contributed by atoms with Crippen LogP contribution in [0.15, 0.2) is 78.2 Å². The molecule has 7 heteroatoms. The summed E-state index contributed by atoms with van der Waals surface area (Å²) in [6, 6.07) is 18.3. The molecule has 4 aromatic rings. The molecule has 0 unspecified atom stereocenters. The van der Waals surface area contributed by atoms with E-state index >= 15 is 0 Å². The van der Waals surface area contributed by atoms with Crippen molar-refractivity contribution in [2.45, 2.75) is 0 Å². The quantitative estimate of drug-likeness (QED) is 0.290. The Bertz CT molecular complexity index is 1220. The third kappa shape index (κ3) is 3.84. The summed E-state index contributed by atoms with van der Waals surface area (Å²) in [7, 11) is 1.46. The Kier molecular flexibility index (Phi) is 5.03. The van der Waals surface area contributed by atoms with Crippen molar-refractivity contribution in [2.24, 2.45) is 5.10 Å². The fraction of sp³-hybridized carbons (Fsp3) is 0.0455. The van der Waals surface area contributed by atoms with Crippen LogP contribution in [0.1, 0.15) is 15.9 Å². The first kappa shape index (κ1) is 18.4. The highest BCUT2D eigenvalue weighted by Gasteiger charge is 2.16. The van der Waals surface area contributed by atoms with E-state index < -0.39 is 11.8 Å². The Morgan fingerprint density at radius 1 is 1.07 bits per heavy atom. The third-order valence-electron chi connectivity index (χ3n) is 4.25. The molecule has 0 saturated carbocycles. The van der Waals surface area contributed by atoms with Gasteiger partial charge in [-0.25, -0.2) is 18.8 Å². The Balaban J connectivity index is 1.56. The van der Waals surface area contributed by atoms with Gasteiger partial charge in [0.15, 0.2) is 11.5 Å². The number of hydrogen-bond acceptors (Lipinski definition) is 5. The van der Waals surface area contributed by atoms with Gasteiger partial charge >= 0.3 is 5.97 Å². The molecule has 4 rings (SSSR count). The van der Waals surface area contributed by atoms with Crippen molar-refractivity contribution >= 4 is 23.2 Å². The highest BCUT2D eigenvalue weighted by atomic mass is 19.1. The first-order valence-electron chi connectivity index (χ1n) is 8.77. The predicted octanol–water partition coefficient (Wildman–Crippen LogP) is 4.29. The van der Waals surface area contributed by atoms with E-state index in [1.54, 1.807) is 41.5 Å². The predicted molar refractivity (Wildman–Crippen MR) is 107 cm³/mol. The van der Waals surface area contributed by atoms with Crippen LogP contribution in [0.5, 0.6) is 11.5 Å². The first-order chi connectivity index (χ1) is 14.2. The Morgan fingerprint density at radius 3 is 2.69 bits per heavy atom. The van der Waals surface area contributed by atoms with Crippen LogP contribution in [0, 0.1) is 5.82 Å². The summed E-state index contributed by atoms with van der Waals surface area (Å²) in [4.78, 5) is 16.5. The second kappa shape index (κ2) is 7.93. The van der Waals surface area contributed by atoms with Crippen molar-refractivity contribution in [1.82, 2.24) is 9.66 Å². The molecule has 6 nitrogen and oxygen atoms in total. The Morgan fingerprint density at radius 2 is 1.86 bits per heavy atom. The maximum Gasteiger partial charge on any atom is 0.346 e. The van der Waals surface area contributed by atoms with Gasteiger partial charge in [0.2, 0.25) is 0 Å². The number of carbonyl (C=O) groups is 1. The number of nitrogens with zero attached hydrogens (tertiary/aromatic N) is 3. The highest BCUT2D eigenvalue weighted by molar-refractivity contribution is 5.92. The van der Waals surface area contributed by atoms with E-state index in [9.17, 15) is 9.18 Å². The zero-order valence-electron chi connectivity index (χ0n) is 15.4. The number of rotatable bonds is 5. The van der Waals surface area contributed by atoms with E-state index in [0.29, 0.717) is 5.75 Å². The van der Waals surface area contributed by atoms with Gasteiger partial charge in [0.05, 0.1) is 29.9 Å². The number of carbonyl (C=O) groups excluding carboxylic acids is 1. The zero-order valence-corrected chi connectivity index (χ0v) is 15.4. The van der Waals surface area contributed by atoms with Gasteiger partial charge in [0.1, 0.15) is 12.1 Å². The summed E-state index contributed by atoms with van der Waals surface area (Å²) >= 11 is 0. The van der Waals surface area contributed by atoms with Crippen molar-refractivity contribution in [3.05, 3.63) is 90.0 Å². The van der Waals surface area contributed by atoms with Crippen LogP contribution in [0.25, 0.3) is 11.0 Å². The molecule has 0 N–H and O–H groups in total. The number of para-hydroxylation sites is 2. The topological polar surface area (TPSA) is 65.7 Å². The van der Waals surface area contributed by atoms with Crippen LogP contribution in [0.3, 0.4) is 0 Å². The molecule has 3 aromatic carbocycles. The molecule has 0 bridgehead atoms. The highest BCUT2D eigenvalue weighted by Crippen LogP contribution is 2.28. The van der Waals surface area contributed by atoms with Gasteiger partial charge in [-0.3, -0.25) is 0 Å². The SMILES string of the molecule is COc1cc(/C=N\n2cnc3ccccc32)ccc1OC(=O)c1ccccc1F. The summed E-state index contributed by atoms with van der Waals surface area (Å²) < 4.78 is 26.1. The van der Waals surface area contributed by atoms with Gasteiger partial charge in [0, 0.05) is 0 Å². The monoisotopic (exact) mass is 389 g/mol. The molecule has 0 aliphatic rings. The maximum absolute atomic E-state index is 13.8. The lowest BCUT2D eigenvalue weighted by atomic mass is 10.2. The minimum Gasteiger partial charge on any atom is -0.493 e. The minimum absolute atomic E-state index is 0.146. The molecular weight excluding hydrogens is 373 g/mol. The van der Waals surface area contributed by atoms with E-state index in [2.05, 4.69) is 10.1 Å². The van der Waals surface area contributed by atoms with Crippen LogP contribution in [0.4, 0.5) is 4.39 Å². The number of aromatic nitrogens is 2. The molecule has 29 heavy (non-hydrogen) atoms. The van der Waals surface area contributed by atoms with Crippen LogP contribution in [-0.4, -0.2) is 29.0 Å². The van der Waals surface area contributed by atoms with E-state index in [0.717, 1.165) is 16.6 Å². The molecule has 0 saturated heterocycles. The van der Waals surface area contributed by atoms with Gasteiger partial charge in [-0.2, -0.15) is 5.10 Å². The second-order valence-corrected chi connectivity index (χ2v) is 6.10. The van der Waals surface area contributed by atoms with Crippen molar-refractivity contribution in [2.75, 3.05) is 7.11 Å². The normalized spacial score (nSPS) is 11.1. The molecular formula is C22H16FN3O3. The largest absolute Gasteiger partial charge is 0.493 e. The number of fused-ring (bicyclic) bond motifs is 1. The summed E-state index contributed by atoms with van der Waals surface area (Å²) in [6.07, 6.45) is 3.27. The molecule has 0 fully saturated rings. The minimum atomic E-state index is -0.798. The number of esters is 1. The number of halogens is 1. The molecule has 0 spiro atoms. The third-order valence-corrected chi connectivity index (χ3v) is 4.25. The van der Waals surface area contributed by atoms with Crippen molar-refractivity contribution in [3.8, 4) is 11.5 Å². The summed E-state index contributed by atoms with van der Waals surface area (Å²) in [5, 5.41) is 4.41. The fourth-order valence-corrected chi connectivity index (χ4v) is 2.80. The second-order valence-electron chi connectivity index (χ2n) is 6.10. The average Bonchev–Trinajstić information content (AvgIpc) is 3.16. The van der Waals surface area contributed by atoms with E-state index in [1.807, 2.05) is 24.3 Å². The lowest BCUT2D eigenvalue weighted by molar-refractivity contribution is 0.0725. The lowest BCUT2D eigenvalue weighted by Crippen LogP contribution is -2.11. The number of imidazole rings is 1. The molecule has 0 atom stereocenters. The zero-order chi connectivity index (χ0) is 20.2. The van der Waals surface area contributed by atoms with Gasteiger partial charge in [-0.05, 0) is 48.0 Å². The molecule has 0 aliphatic carbocycles. The lowest BCUT2D eigenvalue weighted by Gasteiger charge is -2.10. The molecule has 144 valence electrons. The molecule has 0 aliphatic heterocycles. The number of hydrogen-bond donors (Lipinski definition) is 0. The molecule has 0 radical (unpaired) electrons. The van der Waals surface area contributed by atoms with Crippen molar-refractivity contribution in [1.29, 1.82) is 0 Å². The van der Waals surface area contributed by atoms with Crippen LogP contribution in [-0.2, 0) is 0 Å². The summed E-state index contributed by atoms with van der Waals surface area (Å²) in [5.41, 5.74) is 2.31. The Labute approximate surface area is 165 Å². The number of ether oxygens (including phenoxy) is 2. The summed E-state index contributed by atoms with van der Waals surface area (Å²) in [6.45, 7) is 0. The van der Waals surface area contributed by atoms with Gasteiger partial charge in [-0.1, -0.05) is 24.3 Å². The molecule has 1 aromatic heterocycles. The van der Waals surface area contributed by atoms with Gasteiger partial charge in [-0.15, -0.1) is 0 Å². The number of methoxy groups -OCH3 is 1. The van der Waals surface area contributed by atoms with Gasteiger partial charge < -0.3 is 9.47 Å². The number of benzene rings is 3. The van der Waals surface area contributed by atoms with Crippen molar-refractivity contribution in [3.63, 3.8) is 0 Å². The van der Waals surface area contributed by atoms with Crippen LogP contribution < -0.4 is 9.47 Å². The smallest absolute Gasteiger partial charge is 0.346 e. The summed E-state index contributed by atoms with van der Waals surface area (Å²) in [5.74, 6) is -0.930. The maximum atomic E-state index is 13.8. The standard InChI is InChI=1S/C22H16FN3O3/c1-28-21-12-15(13-25-26-14-24-18-8-4-5-9-19(18)26)10-11-20(21)29-22(27)16-6-2-3-7-17(16)23/h2-14H,1H3/b25-13-. The van der Waals surface area contributed by atoms with E-state index in [-0.39, 0.29) is 11.3 Å². The first-order valence-corrected chi connectivity index (χ1v) is 8.77. The fourth-order valence-electron chi connectivity index (χ4n) is 2.80. The van der Waals surface area contributed by atoms with E-state index in [4.69, 9.17) is 9.47 Å². The van der Waals surface area contributed by atoms with E-state index in [1.165, 1.54) is 25.3 Å².